The zero-order valence-corrected chi connectivity index (χ0v) is 23.9. The quantitative estimate of drug-likeness (QED) is 0.283. The van der Waals surface area contributed by atoms with Crippen LogP contribution in [0.2, 0.25) is 0 Å². The largest absolute Gasteiger partial charge is 0.446 e. The molecule has 0 spiro atoms. The molecule has 0 aliphatic heterocycles. The molecule has 8 atom stereocenters. The van der Waals surface area contributed by atoms with Crippen LogP contribution in [0, 0.1) is 46.3 Å². The zero-order chi connectivity index (χ0) is 25.4. The molecule has 1 amide bonds. The molecule has 35 heavy (non-hydrogen) atoms. The van der Waals surface area contributed by atoms with Crippen molar-refractivity contribution < 1.29 is 9.53 Å². The fourth-order valence-electron chi connectivity index (χ4n) is 9.17. The van der Waals surface area contributed by atoms with Crippen molar-refractivity contribution in [2.24, 2.45) is 46.3 Å². The van der Waals surface area contributed by atoms with Gasteiger partial charge in [-0.1, -0.05) is 65.5 Å². The highest BCUT2D eigenvalue weighted by Gasteiger charge is 2.59. The topological polar surface area (TPSA) is 41.6 Å². The number of rotatable bonds is 8. The number of hydrogen-bond donors (Lipinski definition) is 1. The molecule has 0 radical (unpaired) electrons. The summed E-state index contributed by atoms with van der Waals surface area (Å²) in [6.07, 6.45) is 16.7. The van der Waals surface area contributed by atoms with Gasteiger partial charge in [-0.15, -0.1) is 0 Å². The number of hydrogen-bond acceptors (Lipinski definition) is 3. The summed E-state index contributed by atoms with van der Waals surface area (Å²) >= 11 is 0. The molecule has 3 saturated carbocycles. The van der Waals surface area contributed by atoms with Crippen molar-refractivity contribution >= 4 is 6.09 Å². The van der Waals surface area contributed by atoms with Crippen LogP contribution in [0.15, 0.2) is 11.6 Å². The fourth-order valence-corrected chi connectivity index (χ4v) is 9.17. The van der Waals surface area contributed by atoms with Gasteiger partial charge in [0.2, 0.25) is 0 Å². The van der Waals surface area contributed by atoms with Gasteiger partial charge < -0.3 is 10.1 Å². The van der Waals surface area contributed by atoms with E-state index in [1.165, 1.54) is 57.8 Å². The smallest absolute Gasteiger partial charge is 0.408 e. The molecule has 1 N–H and O–H groups in total. The second-order valence-electron chi connectivity index (χ2n) is 14.0. The highest BCUT2D eigenvalue weighted by molar-refractivity contribution is 5.67. The molecule has 0 aromatic heterocycles. The van der Waals surface area contributed by atoms with E-state index in [4.69, 9.17) is 4.74 Å². The van der Waals surface area contributed by atoms with Crippen molar-refractivity contribution in [3.63, 3.8) is 0 Å². The van der Waals surface area contributed by atoms with Crippen LogP contribution in [0.25, 0.3) is 0 Å². The molecule has 4 heteroatoms. The van der Waals surface area contributed by atoms with Gasteiger partial charge in [0.25, 0.3) is 0 Å². The number of ether oxygens (including phenoxy) is 1. The van der Waals surface area contributed by atoms with Crippen LogP contribution in [0.5, 0.6) is 0 Å². The Morgan fingerprint density at radius 1 is 1.09 bits per heavy atom. The number of carbonyl (C=O) groups is 1. The van der Waals surface area contributed by atoms with Crippen molar-refractivity contribution in [2.45, 2.75) is 111 Å². The van der Waals surface area contributed by atoms with E-state index in [0.717, 1.165) is 48.3 Å². The molecule has 3 fully saturated rings. The third-order valence-corrected chi connectivity index (χ3v) is 11.1. The number of amides is 1. The van der Waals surface area contributed by atoms with E-state index in [2.05, 4.69) is 46.0 Å². The zero-order valence-electron chi connectivity index (χ0n) is 23.9. The molecule has 4 aliphatic carbocycles. The Morgan fingerprint density at radius 3 is 2.57 bits per heavy atom. The highest BCUT2D eigenvalue weighted by Crippen LogP contribution is 2.67. The molecule has 4 rings (SSSR count). The number of nitrogens with one attached hydrogen (secondary N) is 1. The summed E-state index contributed by atoms with van der Waals surface area (Å²) in [5.41, 5.74) is 2.45. The Balaban J connectivity index is 1.40. The van der Waals surface area contributed by atoms with Gasteiger partial charge in [0, 0.05) is 6.42 Å². The minimum absolute atomic E-state index is 0.0319. The van der Waals surface area contributed by atoms with Gasteiger partial charge >= 0.3 is 6.09 Å². The second-order valence-corrected chi connectivity index (χ2v) is 14.0. The van der Waals surface area contributed by atoms with E-state index in [0.29, 0.717) is 17.5 Å². The normalized spacial score (nSPS) is 39.5. The molecule has 4 aliphatic rings. The summed E-state index contributed by atoms with van der Waals surface area (Å²) in [6, 6.07) is 0. The van der Waals surface area contributed by atoms with Crippen LogP contribution in [-0.2, 0) is 4.74 Å². The van der Waals surface area contributed by atoms with Crippen LogP contribution >= 0.6 is 0 Å². The lowest BCUT2D eigenvalue weighted by Crippen LogP contribution is -2.51. The monoisotopic (exact) mass is 486 g/mol. The van der Waals surface area contributed by atoms with Gasteiger partial charge in [0.15, 0.2) is 0 Å². The Labute approximate surface area is 216 Å². The first-order valence-electron chi connectivity index (χ1n) is 14.8. The van der Waals surface area contributed by atoms with Crippen LogP contribution in [0.3, 0.4) is 0 Å². The van der Waals surface area contributed by atoms with Crippen molar-refractivity contribution in [2.75, 3.05) is 20.8 Å². The average Bonchev–Trinajstić information content (AvgIpc) is 3.15. The number of alkyl carbamates (subject to hydrolysis) is 1. The lowest BCUT2D eigenvalue weighted by Gasteiger charge is -2.58. The molecule has 4 nitrogen and oxygen atoms in total. The Kier molecular flexibility index (Phi) is 8.30. The SMILES string of the molecule is CC(C)CCC[C@@H](C)[C@H]1CC[C@H]2[C@@H]3CC=C4C[C@@H](OC(=O)NCN(C)C)CC[C@]4(C)[C@H]3CC[C@]12C. The van der Waals surface area contributed by atoms with Crippen molar-refractivity contribution in [3.05, 3.63) is 11.6 Å². The van der Waals surface area contributed by atoms with Gasteiger partial charge in [-0.05, 0) is 105 Å². The summed E-state index contributed by atoms with van der Waals surface area (Å²) in [5.74, 6) is 5.20. The third kappa shape index (κ3) is 5.48. The van der Waals surface area contributed by atoms with E-state index in [9.17, 15) is 4.79 Å². The summed E-state index contributed by atoms with van der Waals surface area (Å²) in [6.45, 7) is 13.1. The molecular formula is C31H54N2O2. The van der Waals surface area contributed by atoms with E-state index >= 15 is 0 Å². The lowest BCUT2D eigenvalue weighted by atomic mass is 9.47. The standard InChI is InChI=1S/C31H54N2O2/c1-21(2)9-8-10-22(3)26-13-14-27-25-12-11-23-19-24(35-29(34)32-20-33(6)7)15-17-30(23,4)28(25)16-18-31(26,27)5/h11,21-22,24-28H,8-10,12-20H2,1-7H3,(H,32,34)/t22-,24+,25+,26-,27+,28+,30+,31-/m1/s1. The van der Waals surface area contributed by atoms with Gasteiger partial charge in [-0.2, -0.15) is 0 Å². The van der Waals surface area contributed by atoms with E-state index in [1.807, 2.05) is 19.0 Å². The number of nitrogens with zero attached hydrogens (tertiary/aromatic N) is 1. The minimum Gasteiger partial charge on any atom is -0.446 e. The first kappa shape index (κ1) is 27.0. The molecular weight excluding hydrogens is 432 g/mol. The van der Waals surface area contributed by atoms with Crippen molar-refractivity contribution in [1.29, 1.82) is 0 Å². The second kappa shape index (κ2) is 10.8. The average molecular weight is 487 g/mol. The van der Waals surface area contributed by atoms with Gasteiger partial charge in [-0.25, -0.2) is 4.79 Å². The first-order chi connectivity index (χ1) is 16.5. The molecule has 200 valence electrons. The van der Waals surface area contributed by atoms with Crippen LogP contribution in [0.4, 0.5) is 4.79 Å². The van der Waals surface area contributed by atoms with Crippen LogP contribution < -0.4 is 5.32 Å². The Bertz CT molecular complexity index is 776. The number of fused-ring (bicyclic) bond motifs is 5. The molecule has 0 saturated heterocycles. The lowest BCUT2D eigenvalue weighted by molar-refractivity contribution is -0.0582. The summed E-state index contributed by atoms with van der Waals surface area (Å²) < 4.78 is 5.83. The maximum atomic E-state index is 12.2. The minimum atomic E-state index is -0.269. The molecule has 0 bridgehead atoms. The number of allylic oxidation sites excluding steroid dienone is 1. The van der Waals surface area contributed by atoms with E-state index in [-0.39, 0.29) is 12.2 Å². The maximum Gasteiger partial charge on any atom is 0.408 e. The van der Waals surface area contributed by atoms with Crippen LogP contribution in [-0.4, -0.2) is 37.9 Å². The summed E-state index contributed by atoms with van der Waals surface area (Å²) in [7, 11) is 3.90. The predicted molar refractivity (Wildman–Crippen MR) is 145 cm³/mol. The van der Waals surface area contributed by atoms with Crippen molar-refractivity contribution in [1.82, 2.24) is 10.2 Å². The van der Waals surface area contributed by atoms with E-state index in [1.54, 1.807) is 5.57 Å². The van der Waals surface area contributed by atoms with Gasteiger partial charge in [-0.3, -0.25) is 4.90 Å². The predicted octanol–water partition coefficient (Wildman–Crippen LogP) is 7.64. The third-order valence-electron chi connectivity index (χ3n) is 11.1. The van der Waals surface area contributed by atoms with Crippen LogP contribution in [0.1, 0.15) is 105 Å². The molecule has 0 unspecified atom stereocenters. The maximum absolute atomic E-state index is 12.2. The van der Waals surface area contributed by atoms with E-state index < -0.39 is 0 Å². The first-order valence-corrected chi connectivity index (χ1v) is 14.8. The van der Waals surface area contributed by atoms with Gasteiger partial charge in [0.05, 0.1) is 6.67 Å². The van der Waals surface area contributed by atoms with Crippen molar-refractivity contribution in [3.8, 4) is 0 Å². The molecule has 0 aromatic rings. The summed E-state index contributed by atoms with van der Waals surface area (Å²) in [5, 5.41) is 2.86. The fraction of sp³-hybridized carbons (Fsp3) is 0.903. The molecule has 0 heterocycles. The Morgan fingerprint density at radius 2 is 1.86 bits per heavy atom. The molecule has 0 aromatic carbocycles. The summed E-state index contributed by atoms with van der Waals surface area (Å²) in [4.78, 5) is 14.2. The Hall–Kier alpha value is -1.03. The highest BCUT2D eigenvalue weighted by atomic mass is 16.6. The number of carbonyl (C=O) groups excluding carboxylic acids is 1. The van der Waals surface area contributed by atoms with Gasteiger partial charge in [0.1, 0.15) is 6.10 Å².